The molecule has 5 heteroatoms. The summed E-state index contributed by atoms with van der Waals surface area (Å²) in [5.41, 5.74) is 5.91. The van der Waals surface area contributed by atoms with E-state index in [4.69, 9.17) is 5.73 Å². The third-order valence-corrected chi connectivity index (χ3v) is 4.79. The molecule has 1 aromatic rings. The largest absolute Gasteiger partial charge is 0.327 e. The van der Waals surface area contributed by atoms with Crippen molar-refractivity contribution in [2.75, 3.05) is 5.32 Å². The van der Waals surface area contributed by atoms with Crippen molar-refractivity contribution in [2.24, 2.45) is 23.0 Å². The molecule has 0 spiro atoms. The standard InChI is InChI=1S/C15H22FN3O/c1-9-11(17)8-7-10(15(9,2)3)14(20)19-13-6-4-5-12(16)18-13/h4-6,9-11H,7-8,17H2,1-3H3,(H,18,19,20). The molecule has 0 radical (unpaired) electrons. The average molecular weight is 279 g/mol. The lowest BCUT2D eigenvalue weighted by atomic mass is 9.61. The second-order valence-electron chi connectivity index (χ2n) is 6.24. The summed E-state index contributed by atoms with van der Waals surface area (Å²) >= 11 is 0. The Morgan fingerprint density at radius 2 is 2.15 bits per heavy atom. The lowest BCUT2D eigenvalue weighted by Crippen LogP contribution is -2.50. The molecule has 1 aromatic heterocycles. The van der Waals surface area contributed by atoms with Crippen molar-refractivity contribution in [1.29, 1.82) is 0 Å². The Hall–Kier alpha value is -1.49. The molecule has 4 nitrogen and oxygen atoms in total. The number of pyridine rings is 1. The number of carbonyl (C=O) groups is 1. The predicted molar refractivity (Wildman–Crippen MR) is 76.5 cm³/mol. The fourth-order valence-electron chi connectivity index (χ4n) is 3.01. The highest BCUT2D eigenvalue weighted by molar-refractivity contribution is 5.92. The first-order valence-electron chi connectivity index (χ1n) is 7.01. The maximum Gasteiger partial charge on any atom is 0.229 e. The maximum absolute atomic E-state index is 13.0. The van der Waals surface area contributed by atoms with Gasteiger partial charge in [0.15, 0.2) is 0 Å². The van der Waals surface area contributed by atoms with Gasteiger partial charge >= 0.3 is 0 Å². The summed E-state index contributed by atoms with van der Waals surface area (Å²) in [4.78, 5) is 16.1. The number of amides is 1. The Balaban J connectivity index is 2.13. The molecule has 0 aromatic carbocycles. The second-order valence-corrected chi connectivity index (χ2v) is 6.24. The number of nitrogens with one attached hydrogen (secondary N) is 1. The van der Waals surface area contributed by atoms with Crippen LogP contribution in [0.15, 0.2) is 18.2 Å². The number of hydrogen-bond acceptors (Lipinski definition) is 3. The van der Waals surface area contributed by atoms with Crippen molar-refractivity contribution in [3.05, 3.63) is 24.1 Å². The van der Waals surface area contributed by atoms with E-state index in [-0.39, 0.29) is 35.0 Å². The summed E-state index contributed by atoms with van der Waals surface area (Å²) < 4.78 is 13.0. The van der Waals surface area contributed by atoms with Gasteiger partial charge in [0, 0.05) is 12.0 Å². The Labute approximate surface area is 119 Å². The van der Waals surface area contributed by atoms with Crippen LogP contribution in [0.4, 0.5) is 10.2 Å². The maximum atomic E-state index is 13.0. The predicted octanol–water partition coefficient (Wildman–Crippen LogP) is 2.56. The quantitative estimate of drug-likeness (QED) is 0.817. The molecule has 2 rings (SSSR count). The van der Waals surface area contributed by atoms with Crippen molar-refractivity contribution in [2.45, 2.75) is 39.7 Å². The zero-order valence-corrected chi connectivity index (χ0v) is 12.2. The van der Waals surface area contributed by atoms with Crippen molar-refractivity contribution in [3.8, 4) is 0 Å². The number of anilines is 1. The first kappa shape index (κ1) is 14.9. The van der Waals surface area contributed by atoms with Crippen LogP contribution in [0.5, 0.6) is 0 Å². The fraction of sp³-hybridized carbons (Fsp3) is 0.600. The molecule has 3 N–H and O–H groups in total. The third kappa shape index (κ3) is 2.82. The first-order valence-corrected chi connectivity index (χ1v) is 7.01. The zero-order chi connectivity index (χ0) is 14.9. The number of nitrogens with two attached hydrogens (primary N) is 1. The van der Waals surface area contributed by atoms with Crippen LogP contribution in [0.25, 0.3) is 0 Å². The lowest BCUT2D eigenvalue weighted by molar-refractivity contribution is -0.127. The molecule has 3 unspecified atom stereocenters. The molecular formula is C15H22FN3O. The van der Waals surface area contributed by atoms with Crippen molar-refractivity contribution >= 4 is 11.7 Å². The first-order chi connectivity index (χ1) is 9.32. The molecule has 3 atom stereocenters. The minimum Gasteiger partial charge on any atom is -0.327 e. The van der Waals surface area contributed by atoms with Crippen LogP contribution in [0, 0.1) is 23.2 Å². The minimum absolute atomic E-state index is 0.105. The summed E-state index contributed by atoms with van der Waals surface area (Å²) in [5, 5.41) is 2.71. The molecule has 0 bridgehead atoms. The molecule has 1 amide bonds. The summed E-state index contributed by atoms with van der Waals surface area (Å²) in [5.74, 6) is -0.323. The highest BCUT2D eigenvalue weighted by Crippen LogP contribution is 2.44. The van der Waals surface area contributed by atoms with Crippen LogP contribution in [0.2, 0.25) is 0 Å². The van der Waals surface area contributed by atoms with Gasteiger partial charge in [-0.2, -0.15) is 4.39 Å². The number of nitrogens with zero attached hydrogens (tertiary/aromatic N) is 1. The molecule has 1 fully saturated rings. The van der Waals surface area contributed by atoms with E-state index in [9.17, 15) is 9.18 Å². The molecule has 1 heterocycles. The SMILES string of the molecule is CC1C(N)CCC(C(=O)Nc2cccc(F)n2)C1(C)C. The third-order valence-electron chi connectivity index (χ3n) is 4.79. The van der Waals surface area contributed by atoms with Gasteiger partial charge in [-0.3, -0.25) is 4.79 Å². The molecule has 110 valence electrons. The van der Waals surface area contributed by atoms with Gasteiger partial charge in [-0.1, -0.05) is 26.8 Å². The normalized spacial score (nSPS) is 28.9. The Bertz CT molecular complexity index is 504. The Morgan fingerprint density at radius 3 is 2.80 bits per heavy atom. The highest BCUT2D eigenvalue weighted by atomic mass is 19.1. The van der Waals surface area contributed by atoms with E-state index in [2.05, 4.69) is 31.1 Å². The van der Waals surface area contributed by atoms with Gasteiger partial charge in [0.2, 0.25) is 11.9 Å². The van der Waals surface area contributed by atoms with E-state index in [1.54, 1.807) is 6.07 Å². The van der Waals surface area contributed by atoms with Gasteiger partial charge < -0.3 is 11.1 Å². The summed E-state index contributed by atoms with van der Waals surface area (Å²) in [6, 6.07) is 4.50. The molecule has 0 saturated heterocycles. The number of carbonyl (C=O) groups excluding carboxylic acids is 1. The topological polar surface area (TPSA) is 68.0 Å². The molecule has 20 heavy (non-hydrogen) atoms. The molecular weight excluding hydrogens is 257 g/mol. The zero-order valence-electron chi connectivity index (χ0n) is 12.2. The monoisotopic (exact) mass is 279 g/mol. The summed E-state index contributed by atoms with van der Waals surface area (Å²) in [7, 11) is 0. The molecule has 1 saturated carbocycles. The van der Waals surface area contributed by atoms with E-state index in [0.717, 1.165) is 12.8 Å². The van der Waals surface area contributed by atoms with Crippen LogP contribution >= 0.6 is 0 Å². The fourth-order valence-corrected chi connectivity index (χ4v) is 3.01. The van der Waals surface area contributed by atoms with E-state index >= 15 is 0 Å². The molecule has 0 aliphatic heterocycles. The van der Waals surface area contributed by atoms with Crippen LogP contribution in [-0.2, 0) is 4.79 Å². The molecule has 1 aliphatic rings. The van der Waals surface area contributed by atoms with Crippen LogP contribution < -0.4 is 11.1 Å². The second kappa shape index (κ2) is 5.48. The molecule has 1 aliphatic carbocycles. The summed E-state index contributed by atoms with van der Waals surface area (Å²) in [6.45, 7) is 6.23. The number of hydrogen-bond donors (Lipinski definition) is 2. The van der Waals surface area contributed by atoms with E-state index in [1.165, 1.54) is 12.1 Å². The van der Waals surface area contributed by atoms with Crippen molar-refractivity contribution in [1.82, 2.24) is 4.98 Å². The Morgan fingerprint density at radius 1 is 1.45 bits per heavy atom. The number of rotatable bonds is 2. The van der Waals surface area contributed by atoms with E-state index < -0.39 is 5.95 Å². The van der Waals surface area contributed by atoms with E-state index in [1.807, 2.05) is 0 Å². The smallest absolute Gasteiger partial charge is 0.229 e. The van der Waals surface area contributed by atoms with Crippen molar-refractivity contribution in [3.63, 3.8) is 0 Å². The van der Waals surface area contributed by atoms with Gasteiger partial charge in [0.1, 0.15) is 5.82 Å². The summed E-state index contributed by atoms with van der Waals surface area (Å²) in [6.07, 6.45) is 1.58. The van der Waals surface area contributed by atoms with Crippen LogP contribution in [0.1, 0.15) is 33.6 Å². The van der Waals surface area contributed by atoms with Gasteiger partial charge in [-0.15, -0.1) is 0 Å². The lowest BCUT2D eigenvalue weighted by Gasteiger charge is -2.45. The number of aromatic nitrogens is 1. The van der Waals surface area contributed by atoms with Gasteiger partial charge in [-0.05, 0) is 36.3 Å². The Kier molecular flexibility index (Phi) is 4.09. The average Bonchev–Trinajstić information content (AvgIpc) is 2.36. The van der Waals surface area contributed by atoms with Crippen LogP contribution in [0.3, 0.4) is 0 Å². The van der Waals surface area contributed by atoms with Gasteiger partial charge in [-0.25, -0.2) is 4.98 Å². The van der Waals surface area contributed by atoms with Gasteiger partial charge in [0.25, 0.3) is 0 Å². The van der Waals surface area contributed by atoms with Crippen LogP contribution in [-0.4, -0.2) is 16.9 Å². The minimum atomic E-state index is -0.596. The number of halogens is 1. The van der Waals surface area contributed by atoms with E-state index in [0.29, 0.717) is 0 Å². The van der Waals surface area contributed by atoms with Crippen molar-refractivity contribution < 1.29 is 9.18 Å². The van der Waals surface area contributed by atoms with Gasteiger partial charge in [0.05, 0.1) is 0 Å². The highest BCUT2D eigenvalue weighted by Gasteiger charge is 2.45.